The monoisotopic (exact) mass is 444 g/mol. The standard InChI is InChI=1S/C21H19F3N6O2/c1-11-2-3-13(15(8-11)21(22,23)24)18-28-20(32-29-18)14-10-26-30-16(9-17(31)27-19(14)30)12-4-6-25-7-5-12/h2-3,8-10,12,25H,4-7H2,1H3,(H,27,31). The maximum Gasteiger partial charge on any atom is 0.417 e. The van der Waals surface area contributed by atoms with Crippen LogP contribution in [0.1, 0.15) is 35.6 Å². The van der Waals surface area contributed by atoms with E-state index in [1.54, 1.807) is 17.5 Å². The number of halogens is 3. The summed E-state index contributed by atoms with van der Waals surface area (Å²) >= 11 is 0. The Morgan fingerprint density at radius 1 is 1.16 bits per heavy atom. The minimum absolute atomic E-state index is 0.0261. The predicted molar refractivity (Wildman–Crippen MR) is 109 cm³/mol. The van der Waals surface area contributed by atoms with Crippen molar-refractivity contribution in [2.75, 3.05) is 13.1 Å². The minimum Gasteiger partial charge on any atom is -0.333 e. The topological polar surface area (TPSA) is 101 Å². The third-order valence-corrected chi connectivity index (χ3v) is 5.67. The summed E-state index contributed by atoms with van der Waals surface area (Å²) in [7, 11) is 0. The molecule has 1 aliphatic rings. The van der Waals surface area contributed by atoms with Gasteiger partial charge in [-0.3, -0.25) is 4.79 Å². The second kappa shape index (κ2) is 7.59. The van der Waals surface area contributed by atoms with Gasteiger partial charge in [0.2, 0.25) is 5.82 Å². The number of hydrogen-bond donors (Lipinski definition) is 2. The fraction of sp³-hybridized carbons (Fsp3) is 0.333. The lowest BCUT2D eigenvalue weighted by molar-refractivity contribution is -0.137. The zero-order valence-electron chi connectivity index (χ0n) is 17.0. The summed E-state index contributed by atoms with van der Waals surface area (Å²) < 4.78 is 47.5. The lowest BCUT2D eigenvalue weighted by Gasteiger charge is -2.23. The van der Waals surface area contributed by atoms with Crippen molar-refractivity contribution in [3.63, 3.8) is 0 Å². The van der Waals surface area contributed by atoms with E-state index < -0.39 is 11.7 Å². The van der Waals surface area contributed by atoms with Gasteiger partial charge in [-0.05, 0) is 38.9 Å². The molecule has 0 bridgehead atoms. The summed E-state index contributed by atoms with van der Waals surface area (Å²) in [5, 5.41) is 11.4. The van der Waals surface area contributed by atoms with E-state index in [4.69, 9.17) is 4.52 Å². The number of hydrogen-bond acceptors (Lipinski definition) is 6. The Labute approximate surface area is 179 Å². The summed E-state index contributed by atoms with van der Waals surface area (Å²) in [6.45, 7) is 3.27. The van der Waals surface area contributed by atoms with E-state index in [0.717, 1.165) is 37.7 Å². The van der Waals surface area contributed by atoms with Crippen LogP contribution in [0.3, 0.4) is 0 Å². The van der Waals surface area contributed by atoms with Crippen LogP contribution < -0.4 is 10.9 Å². The lowest BCUT2D eigenvalue weighted by atomic mass is 9.94. The van der Waals surface area contributed by atoms with Crippen molar-refractivity contribution in [1.82, 2.24) is 30.1 Å². The normalized spacial score (nSPS) is 15.5. The molecule has 32 heavy (non-hydrogen) atoms. The van der Waals surface area contributed by atoms with Gasteiger partial charge in [0, 0.05) is 17.5 Å². The van der Waals surface area contributed by atoms with Gasteiger partial charge in [0.05, 0.1) is 17.5 Å². The quantitative estimate of drug-likeness (QED) is 0.501. The van der Waals surface area contributed by atoms with Gasteiger partial charge in [-0.15, -0.1) is 0 Å². The molecule has 0 atom stereocenters. The Morgan fingerprint density at radius 2 is 1.94 bits per heavy atom. The van der Waals surface area contributed by atoms with Crippen LogP contribution in [0.4, 0.5) is 13.2 Å². The van der Waals surface area contributed by atoms with Gasteiger partial charge >= 0.3 is 6.18 Å². The molecular weight excluding hydrogens is 425 g/mol. The second-order valence-corrected chi connectivity index (χ2v) is 7.87. The highest BCUT2D eigenvalue weighted by atomic mass is 19.4. The molecule has 0 aliphatic carbocycles. The van der Waals surface area contributed by atoms with E-state index in [1.807, 2.05) is 0 Å². The van der Waals surface area contributed by atoms with Crippen molar-refractivity contribution in [2.24, 2.45) is 0 Å². The first-order valence-electron chi connectivity index (χ1n) is 10.2. The van der Waals surface area contributed by atoms with Crippen LogP contribution in [0.5, 0.6) is 0 Å². The van der Waals surface area contributed by atoms with Gasteiger partial charge in [-0.2, -0.15) is 23.3 Å². The summed E-state index contributed by atoms with van der Waals surface area (Å²) in [6.07, 6.45) is -1.37. The predicted octanol–water partition coefficient (Wildman–Crippen LogP) is 3.53. The van der Waals surface area contributed by atoms with Crippen LogP contribution in [-0.2, 0) is 6.18 Å². The first-order valence-corrected chi connectivity index (χ1v) is 10.2. The van der Waals surface area contributed by atoms with E-state index in [0.29, 0.717) is 16.8 Å². The maximum absolute atomic E-state index is 13.5. The average molecular weight is 444 g/mol. The van der Waals surface area contributed by atoms with Crippen molar-refractivity contribution < 1.29 is 17.7 Å². The van der Waals surface area contributed by atoms with E-state index >= 15 is 0 Å². The zero-order valence-corrected chi connectivity index (χ0v) is 17.0. The molecular formula is C21H19F3N6O2. The molecule has 0 amide bonds. The molecule has 1 fully saturated rings. The third-order valence-electron chi connectivity index (χ3n) is 5.67. The number of piperidine rings is 1. The Balaban J connectivity index is 1.59. The Bertz CT molecular complexity index is 1350. The van der Waals surface area contributed by atoms with Crippen LogP contribution in [0.15, 0.2) is 39.8 Å². The molecule has 4 aromatic rings. The first-order chi connectivity index (χ1) is 15.3. The summed E-state index contributed by atoms with van der Waals surface area (Å²) in [5.74, 6) is -0.0562. The highest BCUT2D eigenvalue weighted by Gasteiger charge is 2.35. The number of aromatic nitrogens is 5. The average Bonchev–Trinajstić information content (AvgIpc) is 3.40. The number of nitrogens with one attached hydrogen (secondary N) is 2. The summed E-state index contributed by atoms with van der Waals surface area (Å²) in [4.78, 5) is 19.3. The Morgan fingerprint density at radius 3 is 2.69 bits per heavy atom. The number of rotatable bonds is 3. The van der Waals surface area contributed by atoms with Gasteiger partial charge in [-0.25, -0.2) is 4.52 Å². The van der Waals surface area contributed by atoms with Crippen LogP contribution in [0, 0.1) is 6.92 Å². The molecule has 1 aliphatic heterocycles. The lowest BCUT2D eigenvalue weighted by Crippen LogP contribution is -2.28. The van der Waals surface area contributed by atoms with Gasteiger partial charge in [0.25, 0.3) is 11.4 Å². The van der Waals surface area contributed by atoms with Crippen molar-refractivity contribution in [3.05, 3.63) is 57.6 Å². The number of aromatic amines is 1. The van der Waals surface area contributed by atoms with Crippen molar-refractivity contribution >= 4 is 5.65 Å². The van der Waals surface area contributed by atoms with Gasteiger partial charge in [0.15, 0.2) is 0 Å². The minimum atomic E-state index is -4.57. The molecule has 4 heterocycles. The highest BCUT2D eigenvalue weighted by molar-refractivity contribution is 5.73. The second-order valence-electron chi connectivity index (χ2n) is 7.87. The van der Waals surface area contributed by atoms with Crippen LogP contribution >= 0.6 is 0 Å². The fourth-order valence-electron chi connectivity index (χ4n) is 4.11. The number of nitrogens with zero attached hydrogens (tertiary/aromatic N) is 4. The van der Waals surface area contributed by atoms with Gasteiger partial charge in [-0.1, -0.05) is 22.9 Å². The molecule has 0 unspecified atom stereocenters. The highest BCUT2D eigenvalue weighted by Crippen LogP contribution is 2.37. The number of alkyl halides is 3. The van der Waals surface area contributed by atoms with E-state index in [9.17, 15) is 18.0 Å². The molecule has 8 nitrogen and oxygen atoms in total. The maximum atomic E-state index is 13.5. The van der Waals surface area contributed by atoms with Crippen molar-refractivity contribution in [1.29, 1.82) is 0 Å². The number of benzene rings is 1. The molecule has 5 rings (SSSR count). The molecule has 3 aromatic heterocycles. The Hall–Kier alpha value is -3.47. The van der Waals surface area contributed by atoms with E-state index in [-0.39, 0.29) is 28.8 Å². The Kier molecular flexibility index (Phi) is 4.85. The van der Waals surface area contributed by atoms with Crippen molar-refractivity contribution in [2.45, 2.75) is 31.9 Å². The van der Waals surface area contributed by atoms with Crippen LogP contribution in [0.2, 0.25) is 0 Å². The summed E-state index contributed by atoms with van der Waals surface area (Å²) in [5.41, 5.74) is 0.623. The van der Waals surface area contributed by atoms with Crippen LogP contribution in [0.25, 0.3) is 28.5 Å². The molecule has 1 saturated heterocycles. The van der Waals surface area contributed by atoms with Gasteiger partial charge < -0.3 is 14.8 Å². The zero-order chi connectivity index (χ0) is 22.5. The molecule has 11 heteroatoms. The molecule has 0 radical (unpaired) electrons. The number of fused-ring (bicyclic) bond motifs is 1. The third kappa shape index (κ3) is 3.58. The summed E-state index contributed by atoms with van der Waals surface area (Å²) in [6, 6.07) is 5.45. The van der Waals surface area contributed by atoms with Crippen LogP contribution in [-0.4, -0.2) is 37.8 Å². The molecule has 166 valence electrons. The SMILES string of the molecule is Cc1ccc(-c2noc(-c3cnn4c(C5CCNCC5)cc(=O)[nH]c34)n2)c(C(F)(F)F)c1. The largest absolute Gasteiger partial charge is 0.417 e. The molecule has 2 N–H and O–H groups in total. The number of H-pyrrole nitrogens is 1. The number of aryl methyl sites for hydroxylation is 1. The molecule has 1 aromatic carbocycles. The van der Waals surface area contributed by atoms with Crippen molar-refractivity contribution in [3.8, 4) is 22.8 Å². The van der Waals surface area contributed by atoms with E-state index in [1.165, 1.54) is 18.3 Å². The molecule has 0 spiro atoms. The first kappa shape index (κ1) is 20.4. The smallest absolute Gasteiger partial charge is 0.333 e. The fourth-order valence-corrected chi connectivity index (χ4v) is 4.11. The van der Waals surface area contributed by atoms with Gasteiger partial charge in [0.1, 0.15) is 11.2 Å². The van der Waals surface area contributed by atoms with E-state index in [2.05, 4.69) is 25.5 Å². The molecule has 0 saturated carbocycles.